The van der Waals surface area contributed by atoms with E-state index in [-0.39, 0.29) is 6.42 Å². The second-order valence-electron chi connectivity index (χ2n) is 7.07. The molecule has 28 heavy (non-hydrogen) atoms. The number of carbonyl (C=O) groups is 1. The summed E-state index contributed by atoms with van der Waals surface area (Å²) in [6, 6.07) is 0. The van der Waals surface area contributed by atoms with Crippen molar-refractivity contribution in [1.82, 2.24) is 0 Å². The molecule has 0 unspecified atom stereocenters. The zero-order chi connectivity index (χ0) is 21.9. The number of unbranched alkanes of at least 4 members (excludes halogenated alkanes) is 13. The molecule has 6 N–H and O–H groups in total. The number of carboxylic acid groups (broad SMARTS) is 1. The van der Waals surface area contributed by atoms with E-state index in [9.17, 15) is 4.79 Å². The van der Waals surface area contributed by atoms with Gasteiger partial charge in [0.25, 0.3) is 5.97 Å². The van der Waals surface area contributed by atoms with E-state index in [1.165, 1.54) is 51.4 Å². The molecule has 0 heterocycles. The monoisotopic (exact) mass is 430 g/mol. The second kappa shape index (κ2) is 18.3. The number of hydrogen-bond acceptors (Lipinski definition) is 6. The molecular formula is C18H38O9S. The summed E-state index contributed by atoms with van der Waals surface area (Å²) >= 11 is 0. The fraction of sp³-hybridized carbons (Fsp3) is 0.944. The summed E-state index contributed by atoms with van der Waals surface area (Å²) in [5, 5.41) is 34.7. The fourth-order valence-corrected chi connectivity index (χ4v) is 2.76. The lowest BCUT2D eigenvalue weighted by molar-refractivity contribution is -0.315. The maximum Gasteiger partial charge on any atom is 0.394 e. The molecule has 0 aromatic heterocycles. The van der Waals surface area contributed by atoms with Gasteiger partial charge in [-0.25, -0.2) is 0 Å². The largest absolute Gasteiger partial charge is 0.481 e. The van der Waals surface area contributed by atoms with E-state index in [1.807, 2.05) is 0 Å². The summed E-state index contributed by atoms with van der Waals surface area (Å²) in [5.74, 6) is -3.18. The van der Waals surface area contributed by atoms with Crippen molar-refractivity contribution in [3.8, 4) is 0 Å². The highest BCUT2D eigenvalue weighted by atomic mass is 32.3. The zero-order valence-electron chi connectivity index (χ0n) is 16.6. The van der Waals surface area contributed by atoms with Crippen molar-refractivity contribution in [3.63, 3.8) is 0 Å². The van der Waals surface area contributed by atoms with Crippen LogP contribution >= 0.6 is 0 Å². The Kier molecular flexibility index (Phi) is 19.2. The maximum atomic E-state index is 10.3. The van der Waals surface area contributed by atoms with Gasteiger partial charge in [0, 0.05) is 12.8 Å². The Balaban J connectivity index is 0. The fourth-order valence-electron chi connectivity index (χ4n) is 2.76. The third-order valence-corrected chi connectivity index (χ3v) is 4.15. The van der Waals surface area contributed by atoms with Crippen molar-refractivity contribution in [1.29, 1.82) is 0 Å². The zero-order valence-corrected chi connectivity index (χ0v) is 17.4. The minimum Gasteiger partial charge on any atom is -0.481 e. The summed E-state index contributed by atoms with van der Waals surface area (Å²) in [6.45, 7) is 0. The maximum absolute atomic E-state index is 10.3. The van der Waals surface area contributed by atoms with Crippen LogP contribution in [-0.4, -0.2) is 49.9 Å². The SMILES string of the molecule is O=C(O)CCCCCCCCCCCCCCCCC(O)(O)O.O=S(=O)(O)O. The van der Waals surface area contributed by atoms with Crippen LogP contribution in [0.15, 0.2) is 0 Å². The lowest BCUT2D eigenvalue weighted by atomic mass is 10.0. The predicted molar refractivity (Wildman–Crippen MR) is 105 cm³/mol. The van der Waals surface area contributed by atoms with Crippen LogP contribution in [0.2, 0.25) is 0 Å². The Hall–Kier alpha value is -0.780. The third kappa shape index (κ3) is 40.0. The molecule has 0 aliphatic carbocycles. The van der Waals surface area contributed by atoms with Crippen molar-refractivity contribution in [2.45, 2.75) is 109 Å². The van der Waals surface area contributed by atoms with Crippen molar-refractivity contribution in [2.24, 2.45) is 0 Å². The normalized spacial score (nSPS) is 11.8. The van der Waals surface area contributed by atoms with Crippen LogP contribution in [0.5, 0.6) is 0 Å². The Morgan fingerprint density at radius 2 is 0.857 bits per heavy atom. The van der Waals surface area contributed by atoms with E-state index in [1.54, 1.807) is 0 Å². The van der Waals surface area contributed by atoms with E-state index in [2.05, 4.69) is 0 Å². The molecule has 0 bridgehead atoms. The standard InChI is InChI=1S/C18H36O5.H2O4S/c19-17(20)15-13-11-9-7-5-3-1-2-4-6-8-10-12-14-16-18(21,22)23;1-5(2,3)4/h21-23H,1-16H2,(H,19,20);(H2,1,2,3,4). The van der Waals surface area contributed by atoms with Crippen LogP contribution in [0.3, 0.4) is 0 Å². The van der Waals surface area contributed by atoms with Gasteiger partial charge in [0.1, 0.15) is 0 Å². The average Bonchev–Trinajstić information content (AvgIpc) is 2.51. The Morgan fingerprint density at radius 3 is 1.11 bits per heavy atom. The summed E-state index contributed by atoms with van der Waals surface area (Å²) in [6.07, 6.45) is 16.0. The van der Waals surface area contributed by atoms with Gasteiger partial charge in [0.2, 0.25) is 0 Å². The van der Waals surface area contributed by atoms with E-state index in [0.717, 1.165) is 32.1 Å². The van der Waals surface area contributed by atoms with Crippen molar-refractivity contribution in [3.05, 3.63) is 0 Å². The highest BCUT2D eigenvalue weighted by molar-refractivity contribution is 7.79. The molecule has 0 fully saturated rings. The average molecular weight is 431 g/mol. The summed E-state index contributed by atoms with van der Waals surface area (Å²) in [7, 11) is -4.67. The Morgan fingerprint density at radius 1 is 0.607 bits per heavy atom. The molecule has 0 saturated carbocycles. The number of hydrogen-bond donors (Lipinski definition) is 6. The lowest BCUT2D eigenvalue weighted by Gasteiger charge is -2.12. The van der Waals surface area contributed by atoms with Gasteiger partial charge in [-0.2, -0.15) is 8.42 Å². The Labute approximate surface area is 168 Å². The molecule has 0 amide bonds. The topological polar surface area (TPSA) is 173 Å². The van der Waals surface area contributed by atoms with Gasteiger partial charge < -0.3 is 20.4 Å². The van der Waals surface area contributed by atoms with E-state index >= 15 is 0 Å². The number of carboxylic acids is 1. The van der Waals surface area contributed by atoms with Crippen molar-refractivity contribution >= 4 is 16.4 Å². The number of rotatable bonds is 17. The first-order valence-electron chi connectivity index (χ1n) is 10.0. The van der Waals surface area contributed by atoms with E-state index in [4.69, 9.17) is 37.9 Å². The van der Waals surface area contributed by atoms with Crippen LogP contribution < -0.4 is 0 Å². The van der Waals surface area contributed by atoms with Gasteiger partial charge in [-0.15, -0.1) is 0 Å². The molecule has 0 aliphatic rings. The minimum atomic E-state index is -4.67. The first-order chi connectivity index (χ1) is 12.9. The molecule has 0 aromatic rings. The van der Waals surface area contributed by atoms with Crippen LogP contribution in [0.1, 0.15) is 103 Å². The van der Waals surface area contributed by atoms with Gasteiger partial charge >= 0.3 is 16.4 Å². The highest BCUT2D eigenvalue weighted by Crippen LogP contribution is 2.14. The smallest absolute Gasteiger partial charge is 0.394 e. The quantitative estimate of drug-likeness (QED) is 0.115. The van der Waals surface area contributed by atoms with Crippen molar-refractivity contribution in [2.75, 3.05) is 0 Å². The summed E-state index contributed by atoms with van der Waals surface area (Å²) < 4.78 is 31.6. The van der Waals surface area contributed by atoms with Gasteiger partial charge in [-0.1, -0.05) is 77.0 Å². The van der Waals surface area contributed by atoms with Gasteiger partial charge in [0.15, 0.2) is 0 Å². The molecule has 0 aromatic carbocycles. The molecular weight excluding hydrogens is 392 g/mol. The number of aliphatic carboxylic acids is 1. The molecule has 0 radical (unpaired) electrons. The summed E-state index contributed by atoms with van der Waals surface area (Å²) in [5.41, 5.74) is 0. The molecule has 0 atom stereocenters. The highest BCUT2D eigenvalue weighted by Gasteiger charge is 2.16. The van der Waals surface area contributed by atoms with Gasteiger partial charge in [0.05, 0.1) is 0 Å². The van der Waals surface area contributed by atoms with Crippen LogP contribution in [0.25, 0.3) is 0 Å². The minimum absolute atomic E-state index is 0.0311. The third-order valence-electron chi connectivity index (χ3n) is 4.15. The number of aliphatic hydroxyl groups is 3. The molecule has 0 rings (SSSR count). The first-order valence-corrected chi connectivity index (χ1v) is 11.4. The van der Waals surface area contributed by atoms with Gasteiger partial charge in [-0.05, 0) is 12.8 Å². The van der Waals surface area contributed by atoms with E-state index in [0.29, 0.717) is 12.8 Å². The predicted octanol–water partition coefficient (Wildman–Crippen LogP) is 3.29. The Bertz CT molecular complexity index is 450. The molecule has 0 aliphatic heterocycles. The molecule has 10 heteroatoms. The van der Waals surface area contributed by atoms with E-state index < -0.39 is 22.3 Å². The molecule has 9 nitrogen and oxygen atoms in total. The van der Waals surface area contributed by atoms with Gasteiger partial charge in [-0.3, -0.25) is 13.9 Å². The lowest BCUT2D eigenvalue weighted by Crippen LogP contribution is -2.26. The molecule has 170 valence electrons. The van der Waals surface area contributed by atoms with Crippen LogP contribution in [-0.2, 0) is 15.2 Å². The summed E-state index contributed by atoms with van der Waals surface area (Å²) in [4.78, 5) is 10.3. The first kappa shape index (κ1) is 29.4. The molecule has 0 saturated heterocycles. The molecule has 0 spiro atoms. The van der Waals surface area contributed by atoms with Crippen LogP contribution in [0.4, 0.5) is 0 Å². The second-order valence-corrected chi connectivity index (χ2v) is 7.96. The van der Waals surface area contributed by atoms with Crippen LogP contribution in [0, 0.1) is 0 Å². The van der Waals surface area contributed by atoms with Crippen molar-refractivity contribution < 1.29 is 42.7 Å².